The van der Waals surface area contributed by atoms with Crippen molar-refractivity contribution in [3.8, 4) is 0 Å². The molecule has 0 fully saturated rings. The van der Waals surface area contributed by atoms with E-state index in [2.05, 4.69) is 0 Å². The van der Waals surface area contributed by atoms with Crippen LogP contribution in [0.2, 0.25) is 0 Å². The van der Waals surface area contributed by atoms with Gasteiger partial charge in [-0.2, -0.15) is 0 Å². The molecule has 2 nitrogen and oxygen atoms in total. The molecule has 0 aromatic heterocycles. The van der Waals surface area contributed by atoms with E-state index in [1.807, 2.05) is 0 Å². The van der Waals surface area contributed by atoms with Crippen molar-refractivity contribution in [1.29, 1.82) is 4.78 Å². The summed E-state index contributed by atoms with van der Waals surface area (Å²) in [6.07, 6.45) is 1.17. The Morgan fingerprint density at radius 1 is 1.20 bits per heavy atom. The van der Waals surface area contributed by atoms with Crippen molar-refractivity contribution in [3.05, 3.63) is 24.3 Å². The van der Waals surface area contributed by atoms with Crippen molar-refractivity contribution in [2.24, 2.45) is 0 Å². The summed E-state index contributed by atoms with van der Waals surface area (Å²) < 4.78 is 54.8. The number of halogens is 3. The maximum atomic E-state index is 12.2. The van der Waals surface area contributed by atoms with Gasteiger partial charge in [0.1, 0.15) is 0 Å². The van der Waals surface area contributed by atoms with Crippen LogP contribution < -0.4 is 56.8 Å². The van der Waals surface area contributed by atoms with Crippen LogP contribution in [0, 0.1) is 4.78 Å². The van der Waals surface area contributed by atoms with E-state index in [-0.39, 0.29) is 56.3 Å². The molecule has 0 aliphatic rings. The van der Waals surface area contributed by atoms with Crippen molar-refractivity contribution < 1.29 is 68.5 Å². The minimum Gasteiger partial charge on any atom is -0.445 e. The second-order valence-electron chi connectivity index (χ2n) is 2.99. The van der Waals surface area contributed by atoms with Crippen molar-refractivity contribution in [3.63, 3.8) is 0 Å². The average Bonchev–Trinajstić information content (AvgIpc) is 2.01. The van der Waals surface area contributed by atoms with Crippen LogP contribution in [0.3, 0.4) is 0 Å². The Kier molecular flexibility index (Phi) is 5.56. The smallest absolute Gasteiger partial charge is 0.445 e. The summed E-state index contributed by atoms with van der Waals surface area (Å²) in [7, 11) is -2.93. The van der Waals surface area contributed by atoms with E-state index in [0.29, 0.717) is 0 Å². The molecule has 0 aliphatic carbocycles. The number of benzene rings is 1. The molecule has 1 aromatic carbocycles. The standard InChI is InChI=1S/C7H8BF3NOS.K/c1-14(12,13)7-4-2-6(3-5-7)8(9,10)11;/h2-5,12H,1H3;/q-1;+1. The summed E-state index contributed by atoms with van der Waals surface area (Å²) >= 11 is 0. The van der Waals surface area contributed by atoms with Crippen LogP contribution in [0.15, 0.2) is 29.2 Å². The summed E-state index contributed by atoms with van der Waals surface area (Å²) in [5, 5.41) is 0. The first-order valence-corrected chi connectivity index (χ1v) is 5.71. The molecule has 1 N–H and O–H groups in total. The maximum Gasteiger partial charge on any atom is 1.00 e. The third-order valence-corrected chi connectivity index (χ3v) is 2.88. The Bertz CT molecular complexity index is 429. The molecular formula is C7H8BF3KNOS. The van der Waals surface area contributed by atoms with Crippen LogP contribution in [-0.4, -0.2) is 17.4 Å². The van der Waals surface area contributed by atoms with E-state index in [1.165, 1.54) is 6.26 Å². The second-order valence-corrected chi connectivity index (χ2v) is 5.15. The minimum absolute atomic E-state index is 0. The molecule has 0 spiro atoms. The molecule has 1 unspecified atom stereocenters. The van der Waals surface area contributed by atoms with Crippen LogP contribution in [-0.2, 0) is 9.73 Å². The first kappa shape index (κ1) is 15.7. The summed E-state index contributed by atoms with van der Waals surface area (Å²) in [5.41, 5.74) is -0.739. The maximum absolute atomic E-state index is 12.2. The SMILES string of the molecule is CS(=N)(=O)c1ccc([B-](F)(F)F)cc1.[K+]. The van der Waals surface area contributed by atoms with Gasteiger partial charge in [0.15, 0.2) is 0 Å². The minimum atomic E-state index is -5.01. The zero-order valence-electron chi connectivity index (χ0n) is 8.34. The van der Waals surface area contributed by atoms with Gasteiger partial charge in [-0.1, -0.05) is 12.1 Å². The Labute approximate surface area is 129 Å². The normalized spacial score (nSPS) is 15.2. The van der Waals surface area contributed by atoms with Crippen molar-refractivity contribution in [2.45, 2.75) is 4.90 Å². The van der Waals surface area contributed by atoms with E-state index in [0.717, 1.165) is 24.3 Å². The molecule has 1 atom stereocenters. The fourth-order valence-corrected chi connectivity index (χ4v) is 1.60. The van der Waals surface area contributed by atoms with Gasteiger partial charge < -0.3 is 12.9 Å². The monoisotopic (exact) mass is 261 g/mol. The van der Waals surface area contributed by atoms with E-state index in [9.17, 15) is 17.2 Å². The van der Waals surface area contributed by atoms with Gasteiger partial charge in [-0.25, -0.2) is 8.99 Å². The largest absolute Gasteiger partial charge is 1.00 e. The Balaban J connectivity index is 0.00000196. The predicted octanol–water partition coefficient (Wildman–Crippen LogP) is -1.22. The van der Waals surface area contributed by atoms with Crippen LogP contribution in [0.1, 0.15) is 0 Å². The summed E-state index contributed by atoms with van der Waals surface area (Å²) in [6.45, 7) is -5.01. The molecular weight excluding hydrogens is 253 g/mol. The third kappa shape index (κ3) is 4.58. The van der Waals surface area contributed by atoms with E-state index < -0.39 is 22.2 Å². The molecule has 8 heteroatoms. The molecule has 15 heavy (non-hydrogen) atoms. The molecule has 1 aromatic rings. The third-order valence-electron chi connectivity index (χ3n) is 1.71. The number of hydrogen-bond donors (Lipinski definition) is 1. The second kappa shape index (κ2) is 5.33. The molecule has 0 aliphatic heterocycles. The molecule has 0 bridgehead atoms. The topological polar surface area (TPSA) is 40.9 Å². The first-order valence-electron chi connectivity index (χ1n) is 3.75. The van der Waals surface area contributed by atoms with Gasteiger partial charge in [0.25, 0.3) is 0 Å². The van der Waals surface area contributed by atoms with E-state index >= 15 is 0 Å². The van der Waals surface area contributed by atoms with Gasteiger partial charge in [0, 0.05) is 11.2 Å². The van der Waals surface area contributed by atoms with Crippen LogP contribution in [0.25, 0.3) is 0 Å². The summed E-state index contributed by atoms with van der Waals surface area (Å²) in [4.78, 5) is 0.112. The number of rotatable bonds is 2. The zero-order chi connectivity index (χ0) is 11.0. The van der Waals surface area contributed by atoms with Crippen molar-refractivity contribution in [1.82, 2.24) is 0 Å². The molecule has 0 saturated carbocycles. The van der Waals surface area contributed by atoms with Gasteiger partial charge in [-0.15, -0.1) is 5.46 Å². The van der Waals surface area contributed by atoms with Gasteiger partial charge in [0.05, 0.1) is 9.73 Å². The Morgan fingerprint density at radius 3 is 1.87 bits per heavy atom. The molecule has 0 amide bonds. The quantitative estimate of drug-likeness (QED) is 0.666. The van der Waals surface area contributed by atoms with Crippen molar-refractivity contribution >= 4 is 22.2 Å². The molecule has 0 radical (unpaired) electrons. The van der Waals surface area contributed by atoms with E-state index in [1.54, 1.807) is 0 Å². The van der Waals surface area contributed by atoms with Gasteiger partial charge >= 0.3 is 58.4 Å². The summed E-state index contributed by atoms with van der Waals surface area (Å²) in [6, 6.07) is 3.87. The number of hydrogen-bond acceptors (Lipinski definition) is 2. The first-order chi connectivity index (χ1) is 6.21. The fourth-order valence-electron chi connectivity index (χ4n) is 0.946. The molecule has 0 saturated heterocycles. The average molecular weight is 261 g/mol. The molecule has 0 heterocycles. The van der Waals surface area contributed by atoms with Crippen molar-refractivity contribution in [2.75, 3.05) is 6.26 Å². The van der Waals surface area contributed by atoms with E-state index in [4.69, 9.17) is 4.78 Å². The summed E-state index contributed by atoms with van der Waals surface area (Å²) in [5.74, 6) is 0. The predicted molar refractivity (Wildman–Crippen MR) is 50.2 cm³/mol. The van der Waals surface area contributed by atoms with Crippen LogP contribution in [0.4, 0.5) is 12.9 Å². The van der Waals surface area contributed by atoms with Gasteiger partial charge in [-0.05, 0) is 12.1 Å². The Hall–Kier alpha value is 0.661. The number of nitrogens with one attached hydrogen (secondary N) is 1. The zero-order valence-corrected chi connectivity index (χ0v) is 12.3. The fraction of sp³-hybridized carbons (Fsp3) is 0.143. The van der Waals surface area contributed by atoms with Gasteiger partial charge in [0.2, 0.25) is 0 Å². The Morgan fingerprint density at radius 2 is 1.60 bits per heavy atom. The van der Waals surface area contributed by atoms with Crippen LogP contribution >= 0.6 is 0 Å². The van der Waals surface area contributed by atoms with Crippen LogP contribution in [0.5, 0.6) is 0 Å². The van der Waals surface area contributed by atoms with Gasteiger partial charge in [-0.3, -0.25) is 0 Å². The molecule has 78 valence electrons. The molecule has 1 rings (SSSR count).